The maximum Gasteiger partial charge on any atom is 0.0218 e. The van der Waals surface area contributed by atoms with Gasteiger partial charge in [-0.25, -0.2) is 0 Å². The van der Waals surface area contributed by atoms with Crippen molar-refractivity contribution in [1.82, 2.24) is 4.90 Å². The van der Waals surface area contributed by atoms with Crippen LogP contribution in [0, 0.1) is 5.92 Å². The third-order valence-electron chi connectivity index (χ3n) is 3.73. The Kier molecular flexibility index (Phi) is 7.50. The van der Waals surface area contributed by atoms with Crippen LogP contribution in [-0.4, -0.2) is 42.6 Å². The Hall–Kier alpha value is 0.270. The summed E-state index contributed by atoms with van der Waals surface area (Å²) < 4.78 is 0. The van der Waals surface area contributed by atoms with Gasteiger partial charge in [-0.15, -0.1) is 0 Å². The summed E-state index contributed by atoms with van der Waals surface area (Å²) in [4.78, 5) is 2.64. The van der Waals surface area contributed by atoms with E-state index in [-0.39, 0.29) is 0 Å². The van der Waals surface area contributed by atoms with E-state index in [2.05, 4.69) is 18.1 Å². The normalized spacial score (nSPS) is 25.3. The van der Waals surface area contributed by atoms with Crippen LogP contribution in [0.15, 0.2) is 0 Å². The molecule has 0 saturated carbocycles. The molecular formula is C13H28N2S. The SMILES string of the molecule is CSCCCC(CN)N1CCCC(C)CC1. The van der Waals surface area contributed by atoms with Crippen LogP contribution in [0.3, 0.4) is 0 Å². The highest BCUT2D eigenvalue weighted by atomic mass is 32.2. The lowest BCUT2D eigenvalue weighted by Gasteiger charge is -2.29. The molecule has 0 aromatic rings. The second-order valence-electron chi connectivity index (χ2n) is 5.10. The smallest absolute Gasteiger partial charge is 0.0218 e. The Morgan fingerprint density at radius 3 is 2.88 bits per heavy atom. The molecule has 1 aliphatic heterocycles. The zero-order valence-corrected chi connectivity index (χ0v) is 11.8. The van der Waals surface area contributed by atoms with Crippen LogP contribution in [0.2, 0.25) is 0 Å². The van der Waals surface area contributed by atoms with E-state index >= 15 is 0 Å². The number of thioether (sulfide) groups is 1. The second kappa shape index (κ2) is 8.37. The van der Waals surface area contributed by atoms with Gasteiger partial charge >= 0.3 is 0 Å². The topological polar surface area (TPSA) is 29.3 Å². The van der Waals surface area contributed by atoms with E-state index in [1.165, 1.54) is 50.9 Å². The first-order chi connectivity index (χ1) is 7.77. The molecule has 16 heavy (non-hydrogen) atoms. The maximum absolute atomic E-state index is 5.92. The van der Waals surface area contributed by atoms with E-state index < -0.39 is 0 Å². The number of likely N-dealkylation sites (tertiary alicyclic amines) is 1. The van der Waals surface area contributed by atoms with E-state index in [0.29, 0.717) is 6.04 Å². The van der Waals surface area contributed by atoms with Gasteiger partial charge in [0.25, 0.3) is 0 Å². The molecule has 96 valence electrons. The molecular weight excluding hydrogens is 216 g/mol. The highest BCUT2D eigenvalue weighted by Crippen LogP contribution is 2.19. The summed E-state index contributed by atoms with van der Waals surface area (Å²) in [6, 6.07) is 0.637. The van der Waals surface area contributed by atoms with Gasteiger partial charge in [-0.05, 0) is 63.1 Å². The van der Waals surface area contributed by atoms with E-state index in [4.69, 9.17) is 5.73 Å². The molecule has 0 radical (unpaired) electrons. The Bertz CT molecular complexity index is 175. The number of nitrogens with zero attached hydrogens (tertiary/aromatic N) is 1. The maximum atomic E-state index is 5.92. The van der Waals surface area contributed by atoms with Gasteiger partial charge in [0, 0.05) is 12.6 Å². The zero-order chi connectivity index (χ0) is 11.8. The van der Waals surface area contributed by atoms with Crippen LogP contribution < -0.4 is 5.73 Å². The number of rotatable bonds is 6. The first-order valence-corrected chi connectivity index (χ1v) is 8.10. The molecule has 2 nitrogen and oxygen atoms in total. The zero-order valence-electron chi connectivity index (χ0n) is 11.0. The molecule has 0 spiro atoms. The monoisotopic (exact) mass is 244 g/mol. The average molecular weight is 244 g/mol. The molecule has 0 aliphatic carbocycles. The third-order valence-corrected chi connectivity index (χ3v) is 4.42. The molecule has 2 N–H and O–H groups in total. The van der Waals surface area contributed by atoms with Gasteiger partial charge in [-0.2, -0.15) is 11.8 Å². The van der Waals surface area contributed by atoms with Crippen molar-refractivity contribution in [3.8, 4) is 0 Å². The van der Waals surface area contributed by atoms with Crippen molar-refractivity contribution in [3.05, 3.63) is 0 Å². The lowest BCUT2D eigenvalue weighted by atomic mass is 10.0. The van der Waals surface area contributed by atoms with E-state index in [1.54, 1.807) is 0 Å². The van der Waals surface area contributed by atoms with Gasteiger partial charge in [-0.3, -0.25) is 4.90 Å². The first-order valence-electron chi connectivity index (χ1n) is 6.71. The molecule has 2 unspecified atom stereocenters. The molecule has 2 atom stereocenters. The number of hydrogen-bond acceptors (Lipinski definition) is 3. The van der Waals surface area contributed by atoms with E-state index in [9.17, 15) is 0 Å². The second-order valence-corrected chi connectivity index (χ2v) is 6.08. The minimum Gasteiger partial charge on any atom is -0.329 e. The third kappa shape index (κ3) is 5.07. The van der Waals surface area contributed by atoms with Crippen molar-refractivity contribution in [2.75, 3.05) is 31.6 Å². The molecule has 0 aromatic carbocycles. The molecule has 0 bridgehead atoms. The minimum absolute atomic E-state index is 0.637. The predicted octanol–water partition coefficient (Wildman–Crippen LogP) is 2.58. The van der Waals surface area contributed by atoms with Crippen molar-refractivity contribution in [1.29, 1.82) is 0 Å². The Labute approximate surface area is 105 Å². The standard InChI is InChI=1S/C13H28N2S/c1-12-5-3-8-15(9-7-12)13(11-14)6-4-10-16-2/h12-13H,3-11,14H2,1-2H3. The summed E-state index contributed by atoms with van der Waals surface area (Å²) in [5, 5.41) is 0. The molecule has 1 rings (SSSR count). The van der Waals surface area contributed by atoms with E-state index in [0.717, 1.165) is 12.5 Å². The van der Waals surface area contributed by atoms with Gasteiger partial charge in [-0.1, -0.05) is 6.92 Å². The molecule has 1 heterocycles. The fraction of sp³-hybridized carbons (Fsp3) is 1.00. The Morgan fingerprint density at radius 2 is 2.19 bits per heavy atom. The van der Waals surface area contributed by atoms with Crippen molar-refractivity contribution in [2.24, 2.45) is 11.7 Å². The fourth-order valence-electron chi connectivity index (χ4n) is 2.56. The van der Waals surface area contributed by atoms with E-state index in [1.807, 2.05) is 11.8 Å². The highest BCUT2D eigenvalue weighted by Gasteiger charge is 2.20. The fourth-order valence-corrected chi connectivity index (χ4v) is 3.02. The molecule has 0 aromatic heterocycles. The highest BCUT2D eigenvalue weighted by molar-refractivity contribution is 7.98. The quantitative estimate of drug-likeness (QED) is 0.728. The molecule has 1 aliphatic rings. The Morgan fingerprint density at radius 1 is 1.38 bits per heavy atom. The van der Waals surface area contributed by atoms with Crippen LogP contribution in [0.5, 0.6) is 0 Å². The summed E-state index contributed by atoms with van der Waals surface area (Å²) in [5.41, 5.74) is 5.92. The van der Waals surface area contributed by atoms with Crippen LogP contribution in [0.4, 0.5) is 0 Å². The summed E-state index contributed by atoms with van der Waals surface area (Å²) in [6.07, 6.45) is 8.91. The molecule has 1 saturated heterocycles. The van der Waals surface area contributed by atoms with Crippen molar-refractivity contribution in [3.63, 3.8) is 0 Å². The lowest BCUT2D eigenvalue weighted by Crippen LogP contribution is -2.41. The Balaban J connectivity index is 2.32. The van der Waals surface area contributed by atoms with Gasteiger partial charge in [0.15, 0.2) is 0 Å². The van der Waals surface area contributed by atoms with Gasteiger partial charge in [0.1, 0.15) is 0 Å². The molecule has 1 fully saturated rings. The van der Waals surface area contributed by atoms with Gasteiger partial charge in [0.2, 0.25) is 0 Å². The first kappa shape index (κ1) is 14.3. The summed E-state index contributed by atoms with van der Waals surface area (Å²) in [7, 11) is 0. The van der Waals surface area contributed by atoms with Crippen LogP contribution in [0.1, 0.15) is 39.0 Å². The van der Waals surface area contributed by atoms with Crippen LogP contribution >= 0.6 is 11.8 Å². The van der Waals surface area contributed by atoms with Crippen molar-refractivity contribution < 1.29 is 0 Å². The van der Waals surface area contributed by atoms with Crippen molar-refractivity contribution >= 4 is 11.8 Å². The van der Waals surface area contributed by atoms with Crippen molar-refractivity contribution in [2.45, 2.75) is 45.1 Å². The summed E-state index contributed by atoms with van der Waals surface area (Å²) in [6.45, 7) is 5.76. The number of nitrogens with two attached hydrogens (primary N) is 1. The average Bonchev–Trinajstić information content (AvgIpc) is 2.50. The number of hydrogen-bond donors (Lipinski definition) is 1. The van der Waals surface area contributed by atoms with Crippen LogP contribution in [0.25, 0.3) is 0 Å². The largest absolute Gasteiger partial charge is 0.329 e. The molecule has 0 amide bonds. The summed E-state index contributed by atoms with van der Waals surface area (Å²) in [5.74, 6) is 2.19. The van der Waals surface area contributed by atoms with Gasteiger partial charge in [0.05, 0.1) is 0 Å². The van der Waals surface area contributed by atoms with Gasteiger partial charge < -0.3 is 5.73 Å². The van der Waals surface area contributed by atoms with Crippen LogP contribution in [-0.2, 0) is 0 Å². The minimum atomic E-state index is 0.637. The summed E-state index contributed by atoms with van der Waals surface area (Å²) >= 11 is 1.95. The molecule has 3 heteroatoms. The predicted molar refractivity (Wildman–Crippen MR) is 75.0 cm³/mol. The lowest BCUT2D eigenvalue weighted by molar-refractivity contribution is 0.195.